The molecule has 1 aliphatic carbocycles. The Labute approximate surface area is 204 Å². The van der Waals surface area contributed by atoms with Gasteiger partial charge in [0.05, 0.1) is 24.1 Å². The van der Waals surface area contributed by atoms with Gasteiger partial charge in [-0.3, -0.25) is 26.7 Å². The number of hydrazine groups is 1. The lowest BCUT2D eigenvalue weighted by atomic mass is 9.80. The first-order valence-corrected chi connectivity index (χ1v) is 12.7. The van der Waals surface area contributed by atoms with Crippen molar-refractivity contribution >= 4 is 0 Å². The lowest BCUT2D eigenvalue weighted by Gasteiger charge is -2.43. The van der Waals surface area contributed by atoms with Crippen LogP contribution in [0, 0.1) is 11.8 Å². The van der Waals surface area contributed by atoms with Crippen LogP contribution >= 0.6 is 0 Å². The molecule has 5 atom stereocenters. The second kappa shape index (κ2) is 11.8. The van der Waals surface area contributed by atoms with Crippen molar-refractivity contribution < 1.29 is 17.6 Å². The lowest BCUT2D eigenvalue weighted by Crippen LogP contribution is -2.68. The Morgan fingerprint density at radius 2 is 1.71 bits per heavy atom. The predicted molar refractivity (Wildman–Crippen MR) is 127 cm³/mol. The smallest absolute Gasteiger partial charge is 0.315 e. The zero-order valence-electron chi connectivity index (χ0n) is 20.0. The Kier molecular flexibility index (Phi) is 9.01. The van der Waals surface area contributed by atoms with E-state index in [-0.39, 0.29) is 12.2 Å². The second-order valence-corrected chi connectivity index (χ2v) is 10.3. The SMILES string of the molecule is NNC(N)C[C@H]1CC[C@H](CNC2NCNC(N3CCC[C@@H]3c3ccc(C(F)(F)F)cc3)C2F)CC1. The van der Waals surface area contributed by atoms with Gasteiger partial charge in [-0.05, 0) is 68.2 Å². The van der Waals surface area contributed by atoms with Gasteiger partial charge < -0.3 is 5.73 Å². The Morgan fingerprint density at radius 3 is 2.37 bits per heavy atom. The van der Waals surface area contributed by atoms with E-state index in [9.17, 15) is 13.2 Å². The molecule has 0 radical (unpaired) electrons. The van der Waals surface area contributed by atoms with E-state index >= 15 is 4.39 Å². The zero-order valence-corrected chi connectivity index (χ0v) is 20.0. The normalized spacial score (nSPS) is 33.7. The monoisotopic (exact) mass is 501 g/mol. The second-order valence-electron chi connectivity index (χ2n) is 10.3. The predicted octanol–water partition coefficient (Wildman–Crippen LogP) is 2.52. The summed E-state index contributed by atoms with van der Waals surface area (Å²) >= 11 is 0. The van der Waals surface area contributed by atoms with E-state index in [0.717, 1.165) is 69.2 Å². The molecular weight excluding hydrogens is 462 g/mol. The average Bonchev–Trinajstić information content (AvgIpc) is 3.33. The van der Waals surface area contributed by atoms with Crippen molar-refractivity contribution in [2.45, 2.75) is 81.8 Å². The maximum atomic E-state index is 15.7. The summed E-state index contributed by atoms with van der Waals surface area (Å²) in [5.41, 5.74) is 8.64. The van der Waals surface area contributed by atoms with Gasteiger partial charge in [-0.25, -0.2) is 9.82 Å². The summed E-state index contributed by atoms with van der Waals surface area (Å²) in [5, 5.41) is 9.84. The van der Waals surface area contributed by atoms with E-state index in [1.807, 2.05) is 0 Å². The number of hydrogen-bond donors (Lipinski definition) is 6. The largest absolute Gasteiger partial charge is 0.416 e. The molecule has 0 bridgehead atoms. The minimum atomic E-state index is -4.36. The fourth-order valence-electron chi connectivity index (χ4n) is 5.93. The molecule has 4 unspecified atom stereocenters. The van der Waals surface area contributed by atoms with E-state index < -0.39 is 30.2 Å². The fraction of sp³-hybridized carbons (Fsp3) is 0.750. The van der Waals surface area contributed by atoms with Crippen molar-refractivity contribution in [1.82, 2.24) is 26.3 Å². The number of benzene rings is 1. The highest BCUT2D eigenvalue weighted by molar-refractivity contribution is 5.27. The summed E-state index contributed by atoms with van der Waals surface area (Å²) in [5.74, 6) is 6.48. The van der Waals surface area contributed by atoms with Gasteiger partial charge in [-0.1, -0.05) is 25.0 Å². The number of nitrogens with one attached hydrogen (secondary N) is 4. The van der Waals surface area contributed by atoms with Crippen LogP contribution in [0.3, 0.4) is 0 Å². The van der Waals surface area contributed by atoms with Crippen LogP contribution in [0.15, 0.2) is 24.3 Å². The highest BCUT2D eigenvalue weighted by atomic mass is 19.4. The molecule has 2 heterocycles. The lowest BCUT2D eigenvalue weighted by molar-refractivity contribution is -0.137. The molecule has 3 fully saturated rings. The van der Waals surface area contributed by atoms with Crippen LogP contribution in [-0.2, 0) is 6.18 Å². The number of halogens is 4. The minimum Gasteiger partial charge on any atom is -0.315 e. The van der Waals surface area contributed by atoms with Gasteiger partial charge in [-0.2, -0.15) is 13.2 Å². The van der Waals surface area contributed by atoms with Crippen LogP contribution in [0.5, 0.6) is 0 Å². The molecule has 1 aromatic rings. The molecule has 8 N–H and O–H groups in total. The van der Waals surface area contributed by atoms with Crippen LogP contribution in [0.25, 0.3) is 0 Å². The minimum absolute atomic E-state index is 0.101. The standard InChI is InChI=1S/C24H39F4N7/c25-21-22(31-13-16-5-3-15(4-6-16)12-20(29)34-30)32-14-33-23(21)35-11-1-2-19(35)17-7-9-18(10-8-17)24(26,27)28/h7-10,15-16,19-23,31-34H,1-6,11-14,29-30H2/t15-,16-,19-,20?,21?,22?,23?/m1/s1. The van der Waals surface area contributed by atoms with Crippen molar-refractivity contribution in [3.05, 3.63) is 35.4 Å². The van der Waals surface area contributed by atoms with E-state index in [1.54, 1.807) is 0 Å². The number of nitrogens with zero attached hydrogens (tertiary/aromatic N) is 1. The third-order valence-corrected chi connectivity index (χ3v) is 7.92. The number of likely N-dealkylation sites (tertiary alicyclic amines) is 1. The molecule has 2 aliphatic heterocycles. The first-order chi connectivity index (χ1) is 16.8. The summed E-state index contributed by atoms with van der Waals surface area (Å²) in [4.78, 5) is 2.07. The number of rotatable bonds is 8. The van der Waals surface area contributed by atoms with E-state index in [0.29, 0.717) is 25.0 Å². The molecule has 3 aliphatic rings. The quantitative estimate of drug-likeness (QED) is 0.141. The molecule has 4 rings (SSSR count). The maximum Gasteiger partial charge on any atom is 0.416 e. The van der Waals surface area contributed by atoms with Gasteiger partial charge in [0, 0.05) is 19.3 Å². The molecule has 2 saturated heterocycles. The molecule has 11 heteroatoms. The highest BCUT2D eigenvalue weighted by Crippen LogP contribution is 2.37. The van der Waals surface area contributed by atoms with Crippen molar-refractivity contribution in [3.8, 4) is 0 Å². The number of nitrogens with two attached hydrogens (primary N) is 2. The zero-order chi connectivity index (χ0) is 25.0. The third-order valence-electron chi connectivity index (χ3n) is 7.92. The van der Waals surface area contributed by atoms with Crippen molar-refractivity contribution in [2.75, 3.05) is 19.8 Å². The van der Waals surface area contributed by atoms with Crippen LogP contribution in [0.1, 0.15) is 62.1 Å². The maximum absolute atomic E-state index is 15.7. The summed E-state index contributed by atoms with van der Waals surface area (Å²) < 4.78 is 54.5. The van der Waals surface area contributed by atoms with Crippen molar-refractivity contribution in [1.29, 1.82) is 0 Å². The molecule has 198 valence electrons. The molecule has 7 nitrogen and oxygen atoms in total. The van der Waals surface area contributed by atoms with Crippen LogP contribution in [-0.4, -0.2) is 49.3 Å². The third kappa shape index (κ3) is 6.71. The number of hydrogen-bond acceptors (Lipinski definition) is 7. The van der Waals surface area contributed by atoms with Crippen LogP contribution < -0.4 is 33.0 Å². The fourth-order valence-corrected chi connectivity index (χ4v) is 5.93. The van der Waals surface area contributed by atoms with E-state index in [4.69, 9.17) is 11.6 Å². The van der Waals surface area contributed by atoms with Crippen LogP contribution in [0.2, 0.25) is 0 Å². The molecule has 1 saturated carbocycles. The molecule has 0 amide bonds. The Balaban J connectivity index is 1.30. The van der Waals surface area contributed by atoms with E-state index in [2.05, 4.69) is 26.3 Å². The Bertz CT molecular complexity index is 785. The summed E-state index contributed by atoms with van der Waals surface area (Å²) in [6.07, 6.45) is 0.245. The van der Waals surface area contributed by atoms with Gasteiger partial charge in [0.25, 0.3) is 0 Å². The van der Waals surface area contributed by atoms with Gasteiger partial charge >= 0.3 is 6.18 Å². The summed E-state index contributed by atoms with van der Waals surface area (Å²) in [6.45, 7) is 1.93. The van der Waals surface area contributed by atoms with E-state index in [1.165, 1.54) is 12.1 Å². The van der Waals surface area contributed by atoms with Crippen molar-refractivity contribution in [3.63, 3.8) is 0 Å². The molecule has 0 aromatic heterocycles. The molecule has 35 heavy (non-hydrogen) atoms. The Morgan fingerprint density at radius 1 is 1.03 bits per heavy atom. The molecule has 1 aromatic carbocycles. The Hall–Kier alpha value is -1.34. The first kappa shape index (κ1) is 26.7. The van der Waals surface area contributed by atoms with Gasteiger partial charge in [0.1, 0.15) is 0 Å². The van der Waals surface area contributed by atoms with Crippen LogP contribution in [0.4, 0.5) is 17.6 Å². The number of alkyl halides is 4. The average molecular weight is 502 g/mol. The topological polar surface area (TPSA) is 103 Å². The van der Waals surface area contributed by atoms with Crippen molar-refractivity contribution in [2.24, 2.45) is 23.4 Å². The molecular formula is C24H39F4N7. The van der Waals surface area contributed by atoms with Gasteiger partial charge in [0.15, 0.2) is 6.17 Å². The molecule has 0 spiro atoms. The highest BCUT2D eigenvalue weighted by Gasteiger charge is 2.42. The summed E-state index contributed by atoms with van der Waals surface area (Å²) in [6, 6.07) is 5.20. The summed E-state index contributed by atoms with van der Waals surface area (Å²) in [7, 11) is 0. The van der Waals surface area contributed by atoms with Gasteiger partial charge in [0.2, 0.25) is 0 Å². The first-order valence-electron chi connectivity index (χ1n) is 12.7. The van der Waals surface area contributed by atoms with Gasteiger partial charge in [-0.15, -0.1) is 0 Å².